The number of nitrogens with one attached hydrogen (secondary N) is 1. The number of aliphatic hydroxyl groups excluding tert-OH is 1. The largest absolute Gasteiger partial charge is 0.395 e. The molecule has 2 rings (SSSR count). The Labute approximate surface area is 131 Å². The molecule has 0 amide bonds. The van der Waals surface area contributed by atoms with Gasteiger partial charge in [-0.1, -0.05) is 0 Å². The van der Waals surface area contributed by atoms with Gasteiger partial charge in [0, 0.05) is 24.7 Å². The molecule has 1 fully saturated rings. The second-order valence-electron chi connectivity index (χ2n) is 5.13. The van der Waals surface area contributed by atoms with E-state index in [9.17, 15) is 15.2 Å². The van der Waals surface area contributed by atoms with Crippen molar-refractivity contribution in [1.29, 1.82) is 0 Å². The Morgan fingerprint density at radius 3 is 3.00 bits per heavy atom. The third-order valence-corrected chi connectivity index (χ3v) is 4.64. The molecule has 0 saturated carbocycles. The van der Waals surface area contributed by atoms with Crippen molar-refractivity contribution in [2.24, 2.45) is 0 Å². The van der Waals surface area contributed by atoms with Crippen LogP contribution in [-0.2, 0) is 0 Å². The number of aliphatic hydroxyl groups is 1. The maximum atomic E-state index is 10.9. The zero-order valence-corrected chi connectivity index (χ0v) is 13.5. The van der Waals surface area contributed by atoms with Gasteiger partial charge in [0.1, 0.15) is 12.0 Å². The van der Waals surface area contributed by atoms with Crippen molar-refractivity contribution in [2.45, 2.75) is 25.8 Å². The smallest absolute Gasteiger partial charge is 0.291 e. The zero-order chi connectivity index (χ0) is 15.4. The van der Waals surface area contributed by atoms with Gasteiger partial charge in [0.15, 0.2) is 0 Å². The molecule has 1 aliphatic heterocycles. The second-order valence-corrected chi connectivity index (χ2v) is 5.92. The Bertz CT molecular complexity index is 520. The maximum Gasteiger partial charge on any atom is 0.291 e. The fourth-order valence-corrected chi connectivity index (χ4v) is 3.10. The average molecular weight is 359 g/mol. The molecule has 1 saturated heterocycles. The van der Waals surface area contributed by atoms with E-state index in [0.717, 1.165) is 25.9 Å². The molecule has 2 N–H and O–H groups in total. The van der Waals surface area contributed by atoms with Crippen molar-refractivity contribution < 1.29 is 10.0 Å². The molecule has 0 spiro atoms. The fourth-order valence-electron chi connectivity index (χ4n) is 2.54. The molecule has 1 aliphatic rings. The van der Waals surface area contributed by atoms with Crippen molar-refractivity contribution in [2.75, 3.05) is 31.1 Å². The van der Waals surface area contributed by atoms with Gasteiger partial charge in [0.05, 0.1) is 16.0 Å². The van der Waals surface area contributed by atoms with Crippen LogP contribution in [0.3, 0.4) is 0 Å². The van der Waals surface area contributed by atoms with Crippen LogP contribution in [0.4, 0.5) is 11.5 Å². The van der Waals surface area contributed by atoms with Crippen molar-refractivity contribution in [3.05, 3.63) is 26.3 Å². The van der Waals surface area contributed by atoms with Gasteiger partial charge < -0.3 is 15.3 Å². The van der Waals surface area contributed by atoms with E-state index in [4.69, 9.17) is 0 Å². The number of hydrogen-bond acceptors (Lipinski definition) is 6. The van der Waals surface area contributed by atoms with E-state index in [-0.39, 0.29) is 12.3 Å². The first kappa shape index (κ1) is 16.1. The quantitative estimate of drug-likeness (QED) is 0.592. The number of rotatable bonds is 6. The first-order valence-corrected chi connectivity index (χ1v) is 7.72. The van der Waals surface area contributed by atoms with Crippen LogP contribution in [0.5, 0.6) is 0 Å². The van der Waals surface area contributed by atoms with Crippen molar-refractivity contribution in [1.82, 2.24) is 10.3 Å². The van der Waals surface area contributed by atoms with E-state index in [1.807, 2.05) is 4.90 Å². The summed E-state index contributed by atoms with van der Waals surface area (Å²) in [6.45, 7) is 3.88. The minimum atomic E-state index is -0.439. The summed E-state index contributed by atoms with van der Waals surface area (Å²) in [4.78, 5) is 16.7. The van der Waals surface area contributed by atoms with E-state index in [1.54, 1.807) is 6.92 Å². The molecule has 1 unspecified atom stereocenters. The topological polar surface area (TPSA) is 91.5 Å². The van der Waals surface area contributed by atoms with Gasteiger partial charge in [-0.05, 0) is 42.2 Å². The molecule has 1 aromatic rings. The van der Waals surface area contributed by atoms with Crippen LogP contribution in [-0.4, -0.2) is 47.3 Å². The van der Waals surface area contributed by atoms with Gasteiger partial charge in [0.2, 0.25) is 0 Å². The van der Waals surface area contributed by atoms with Crippen LogP contribution in [0, 0.1) is 17.0 Å². The zero-order valence-electron chi connectivity index (χ0n) is 11.9. The van der Waals surface area contributed by atoms with Crippen LogP contribution in [0.1, 0.15) is 18.4 Å². The number of nitro groups is 1. The van der Waals surface area contributed by atoms with E-state index in [2.05, 4.69) is 26.2 Å². The average Bonchev–Trinajstić information content (AvgIpc) is 2.94. The number of aromatic nitrogens is 1. The molecule has 0 bridgehead atoms. The number of pyridine rings is 1. The Morgan fingerprint density at radius 2 is 2.43 bits per heavy atom. The summed E-state index contributed by atoms with van der Waals surface area (Å²) < 4.78 is 0.614. The van der Waals surface area contributed by atoms with Crippen LogP contribution >= 0.6 is 15.9 Å². The van der Waals surface area contributed by atoms with Gasteiger partial charge in [-0.2, -0.15) is 0 Å². The van der Waals surface area contributed by atoms with Crippen LogP contribution in [0.25, 0.3) is 0 Å². The molecule has 0 radical (unpaired) electrons. The highest BCUT2D eigenvalue weighted by Crippen LogP contribution is 2.32. The summed E-state index contributed by atoms with van der Waals surface area (Å²) in [5, 5.41) is 23.6. The van der Waals surface area contributed by atoms with Gasteiger partial charge in [0.25, 0.3) is 5.69 Å². The second kappa shape index (κ2) is 7.15. The normalized spacial score (nSPS) is 18.0. The Morgan fingerprint density at radius 1 is 1.67 bits per heavy atom. The minimum Gasteiger partial charge on any atom is -0.395 e. The molecule has 1 aromatic heterocycles. The number of nitrogens with zero attached hydrogens (tertiary/aromatic N) is 3. The van der Waals surface area contributed by atoms with E-state index < -0.39 is 4.92 Å². The Hall–Kier alpha value is -1.25. The summed E-state index contributed by atoms with van der Waals surface area (Å²) in [6, 6.07) is 0.362. The van der Waals surface area contributed by atoms with Gasteiger partial charge in [-0.25, -0.2) is 4.98 Å². The number of anilines is 1. The first-order chi connectivity index (χ1) is 10.0. The first-order valence-electron chi connectivity index (χ1n) is 6.93. The van der Waals surface area contributed by atoms with Crippen LogP contribution < -0.4 is 10.2 Å². The monoisotopic (exact) mass is 358 g/mol. The van der Waals surface area contributed by atoms with Gasteiger partial charge in [-0.15, -0.1) is 0 Å². The Kier molecular flexibility index (Phi) is 5.49. The molecular weight excluding hydrogens is 340 g/mol. The summed E-state index contributed by atoms with van der Waals surface area (Å²) in [5.41, 5.74) is 0.542. The van der Waals surface area contributed by atoms with E-state index in [0.29, 0.717) is 28.4 Å². The summed E-state index contributed by atoms with van der Waals surface area (Å²) >= 11 is 3.41. The third-order valence-electron chi connectivity index (χ3n) is 3.69. The number of hydrogen-bond donors (Lipinski definition) is 2. The SMILES string of the molecule is Cc1c([N+](=O)[O-])cnc(N(CCO)CC2CCCN2)c1Br. The van der Waals surface area contributed by atoms with Crippen molar-refractivity contribution >= 4 is 27.4 Å². The molecule has 7 nitrogen and oxygen atoms in total. The predicted molar refractivity (Wildman–Crippen MR) is 83.7 cm³/mol. The standard InChI is InChI=1S/C13H19BrN4O3/c1-9-11(18(20)21)7-16-13(12(9)14)17(5-6-19)8-10-3-2-4-15-10/h7,10,15,19H,2-6,8H2,1H3. The van der Waals surface area contributed by atoms with E-state index >= 15 is 0 Å². The lowest BCUT2D eigenvalue weighted by Gasteiger charge is -2.27. The van der Waals surface area contributed by atoms with Crippen molar-refractivity contribution in [3.8, 4) is 0 Å². The third kappa shape index (κ3) is 3.69. The maximum absolute atomic E-state index is 10.9. The molecule has 8 heteroatoms. The van der Waals surface area contributed by atoms with Gasteiger partial charge in [-0.3, -0.25) is 10.1 Å². The predicted octanol–water partition coefficient (Wildman–Crippen LogP) is 1.61. The molecule has 1 atom stereocenters. The molecule has 2 heterocycles. The molecular formula is C13H19BrN4O3. The highest BCUT2D eigenvalue weighted by molar-refractivity contribution is 9.10. The lowest BCUT2D eigenvalue weighted by Crippen LogP contribution is -2.39. The highest BCUT2D eigenvalue weighted by Gasteiger charge is 2.23. The van der Waals surface area contributed by atoms with E-state index in [1.165, 1.54) is 6.20 Å². The molecule has 116 valence electrons. The van der Waals surface area contributed by atoms with Gasteiger partial charge >= 0.3 is 0 Å². The van der Waals surface area contributed by atoms with Crippen LogP contribution in [0.15, 0.2) is 10.7 Å². The Balaban J connectivity index is 2.26. The fraction of sp³-hybridized carbons (Fsp3) is 0.615. The minimum absolute atomic E-state index is 0.00596. The molecule has 21 heavy (non-hydrogen) atoms. The lowest BCUT2D eigenvalue weighted by atomic mass is 10.2. The summed E-state index contributed by atoms with van der Waals surface area (Å²) in [5.74, 6) is 0.640. The molecule has 0 aliphatic carbocycles. The van der Waals surface area contributed by atoms with Crippen molar-refractivity contribution in [3.63, 3.8) is 0 Å². The highest BCUT2D eigenvalue weighted by atomic mass is 79.9. The molecule has 0 aromatic carbocycles. The number of halogens is 1. The lowest BCUT2D eigenvalue weighted by molar-refractivity contribution is -0.385. The summed E-state index contributed by atoms with van der Waals surface area (Å²) in [6.07, 6.45) is 3.51. The summed E-state index contributed by atoms with van der Waals surface area (Å²) in [7, 11) is 0. The van der Waals surface area contributed by atoms with Crippen LogP contribution in [0.2, 0.25) is 0 Å².